The van der Waals surface area contributed by atoms with Gasteiger partial charge in [-0.15, -0.1) is 0 Å². The number of hydrogen-bond donors (Lipinski definition) is 1. The first-order valence-electron chi connectivity index (χ1n) is 6.57. The molecule has 0 fully saturated rings. The Morgan fingerprint density at radius 2 is 1.40 bits per heavy atom. The van der Waals surface area contributed by atoms with E-state index in [0.717, 1.165) is 11.1 Å². The van der Waals surface area contributed by atoms with Gasteiger partial charge in [0.15, 0.2) is 0 Å². The van der Waals surface area contributed by atoms with Gasteiger partial charge in [0.1, 0.15) is 0 Å². The Hall–Kier alpha value is -2.61. The minimum absolute atomic E-state index is 0.0911. The van der Waals surface area contributed by atoms with E-state index in [9.17, 15) is 4.79 Å². The van der Waals surface area contributed by atoms with Crippen LogP contribution in [0.3, 0.4) is 0 Å². The van der Waals surface area contributed by atoms with Crippen molar-refractivity contribution in [1.82, 2.24) is 5.32 Å². The summed E-state index contributed by atoms with van der Waals surface area (Å²) in [5.74, 6) is -0.0911. The number of rotatable bonds is 5. The number of carbonyl (C=O) groups excluding carboxylic acids is 1. The maximum Gasteiger partial charge on any atom is 0.244 e. The maximum absolute atomic E-state index is 11.6. The van der Waals surface area contributed by atoms with Crippen molar-refractivity contribution in [2.45, 2.75) is 0 Å². The average Bonchev–Trinajstić information content (AvgIpc) is 2.52. The first-order valence-corrected chi connectivity index (χ1v) is 6.57. The maximum atomic E-state index is 11.6. The second-order valence-corrected chi connectivity index (χ2v) is 4.30. The Balaban J connectivity index is 1.76. The van der Waals surface area contributed by atoms with Gasteiger partial charge in [-0.3, -0.25) is 4.79 Å². The molecule has 0 aliphatic carbocycles. The Morgan fingerprint density at radius 3 is 2.00 bits per heavy atom. The summed E-state index contributed by atoms with van der Waals surface area (Å²) in [4.78, 5) is 11.6. The zero-order valence-corrected chi connectivity index (χ0v) is 11.2. The summed E-state index contributed by atoms with van der Waals surface area (Å²) in [7, 11) is 0. The zero-order valence-electron chi connectivity index (χ0n) is 11.2. The Labute approximate surface area is 119 Å². The number of hydrogen-bond acceptors (Lipinski definition) is 1. The summed E-state index contributed by atoms with van der Waals surface area (Å²) in [5.41, 5.74) is 2.14. The van der Waals surface area contributed by atoms with Gasteiger partial charge in [0.05, 0.1) is 0 Å². The van der Waals surface area contributed by atoms with E-state index < -0.39 is 0 Å². The van der Waals surface area contributed by atoms with E-state index in [4.69, 9.17) is 0 Å². The van der Waals surface area contributed by atoms with Crippen molar-refractivity contribution in [3.05, 3.63) is 83.9 Å². The van der Waals surface area contributed by atoms with Gasteiger partial charge in [-0.25, -0.2) is 0 Å². The van der Waals surface area contributed by atoms with Crippen molar-refractivity contribution in [2.75, 3.05) is 6.54 Å². The molecule has 0 aromatic heterocycles. The van der Waals surface area contributed by atoms with Gasteiger partial charge in [-0.1, -0.05) is 72.8 Å². The molecule has 0 spiro atoms. The van der Waals surface area contributed by atoms with Crippen LogP contribution < -0.4 is 5.32 Å². The van der Waals surface area contributed by atoms with Crippen LogP contribution in [-0.2, 0) is 4.79 Å². The number of benzene rings is 2. The van der Waals surface area contributed by atoms with Crippen LogP contribution in [0.2, 0.25) is 0 Å². The SMILES string of the molecule is O=C(/C=C/c1ccccc1)NC/C=C/c1ccccc1. The standard InChI is InChI=1S/C18H17NO/c20-18(14-13-17-10-5-2-6-11-17)19-15-7-12-16-8-3-1-4-9-16/h1-14H,15H2,(H,19,20)/b12-7+,14-13+. The molecule has 2 aromatic carbocycles. The third-order valence-electron chi connectivity index (χ3n) is 2.73. The van der Waals surface area contributed by atoms with Crippen molar-refractivity contribution in [3.8, 4) is 0 Å². The minimum atomic E-state index is -0.0911. The average molecular weight is 263 g/mol. The van der Waals surface area contributed by atoms with Crippen LogP contribution in [-0.4, -0.2) is 12.5 Å². The highest BCUT2D eigenvalue weighted by Crippen LogP contribution is 2.01. The predicted molar refractivity (Wildman–Crippen MR) is 84.0 cm³/mol. The predicted octanol–water partition coefficient (Wildman–Crippen LogP) is 3.53. The van der Waals surface area contributed by atoms with Crippen LogP contribution in [0.4, 0.5) is 0 Å². The van der Waals surface area contributed by atoms with E-state index in [1.165, 1.54) is 0 Å². The lowest BCUT2D eigenvalue weighted by molar-refractivity contribution is -0.116. The summed E-state index contributed by atoms with van der Waals surface area (Å²) in [5, 5.41) is 2.81. The quantitative estimate of drug-likeness (QED) is 0.821. The lowest BCUT2D eigenvalue weighted by atomic mass is 10.2. The molecule has 0 radical (unpaired) electrons. The third kappa shape index (κ3) is 4.94. The molecule has 20 heavy (non-hydrogen) atoms. The van der Waals surface area contributed by atoms with Gasteiger partial charge in [-0.2, -0.15) is 0 Å². The molecule has 0 heterocycles. The topological polar surface area (TPSA) is 29.1 Å². The monoisotopic (exact) mass is 263 g/mol. The van der Waals surface area contributed by atoms with E-state index in [1.807, 2.05) is 72.8 Å². The van der Waals surface area contributed by atoms with E-state index in [1.54, 1.807) is 12.2 Å². The van der Waals surface area contributed by atoms with Crippen molar-refractivity contribution in [2.24, 2.45) is 0 Å². The first-order chi connectivity index (χ1) is 9.84. The molecule has 100 valence electrons. The van der Waals surface area contributed by atoms with Crippen LogP contribution in [0.1, 0.15) is 11.1 Å². The first kappa shape index (κ1) is 13.8. The largest absolute Gasteiger partial charge is 0.349 e. The third-order valence-corrected chi connectivity index (χ3v) is 2.73. The summed E-state index contributed by atoms with van der Waals surface area (Å²) in [6.07, 6.45) is 7.27. The van der Waals surface area contributed by atoms with Crippen molar-refractivity contribution in [1.29, 1.82) is 0 Å². The van der Waals surface area contributed by atoms with Gasteiger partial charge < -0.3 is 5.32 Å². The highest BCUT2D eigenvalue weighted by atomic mass is 16.1. The minimum Gasteiger partial charge on any atom is -0.349 e. The molecule has 0 unspecified atom stereocenters. The fourth-order valence-electron chi connectivity index (χ4n) is 1.71. The number of amides is 1. The lowest BCUT2D eigenvalue weighted by Gasteiger charge is -1.97. The van der Waals surface area contributed by atoms with Crippen molar-refractivity contribution < 1.29 is 4.79 Å². The second kappa shape index (κ2) is 7.74. The smallest absolute Gasteiger partial charge is 0.244 e. The van der Waals surface area contributed by atoms with Gasteiger partial charge in [0.2, 0.25) is 5.91 Å². The molecule has 0 aliphatic rings. The van der Waals surface area contributed by atoms with Crippen LogP contribution in [0.25, 0.3) is 12.2 Å². The molecular weight excluding hydrogens is 246 g/mol. The van der Waals surface area contributed by atoms with Crippen molar-refractivity contribution in [3.63, 3.8) is 0 Å². The molecule has 0 saturated heterocycles. The number of nitrogens with one attached hydrogen (secondary N) is 1. The molecular formula is C18H17NO. The van der Waals surface area contributed by atoms with Crippen molar-refractivity contribution >= 4 is 18.1 Å². The summed E-state index contributed by atoms with van der Waals surface area (Å²) < 4.78 is 0. The van der Waals surface area contributed by atoms with E-state index in [2.05, 4.69) is 5.32 Å². The van der Waals surface area contributed by atoms with E-state index >= 15 is 0 Å². The van der Waals surface area contributed by atoms with Crippen LogP contribution in [0, 0.1) is 0 Å². The summed E-state index contributed by atoms with van der Waals surface area (Å²) in [6, 6.07) is 19.8. The normalized spacial score (nSPS) is 11.0. The Kier molecular flexibility index (Phi) is 5.35. The van der Waals surface area contributed by atoms with Gasteiger partial charge >= 0.3 is 0 Å². The molecule has 0 bridgehead atoms. The molecule has 1 amide bonds. The van der Waals surface area contributed by atoms with E-state index in [-0.39, 0.29) is 5.91 Å². The molecule has 2 aromatic rings. The lowest BCUT2D eigenvalue weighted by Crippen LogP contribution is -2.20. The van der Waals surface area contributed by atoms with Gasteiger partial charge in [0.25, 0.3) is 0 Å². The highest BCUT2D eigenvalue weighted by Gasteiger charge is 1.92. The highest BCUT2D eigenvalue weighted by molar-refractivity contribution is 5.91. The molecule has 2 nitrogen and oxygen atoms in total. The van der Waals surface area contributed by atoms with Crippen LogP contribution in [0.15, 0.2) is 72.8 Å². The van der Waals surface area contributed by atoms with Gasteiger partial charge in [0, 0.05) is 12.6 Å². The van der Waals surface area contributed by atoms with Gasteiger partial charge in [-0.05, 0) is 17.2 Å². The fraction of sp³-hybridized carbons (Fsp3) is 0.0556. The molecule has 0 atom stereocenters. The zero-order chi connectivity index (χ0) is 14.0. The molecule has 2 heteroatoms. The Morgan fingerprint density at radius 1 is 0.850 bits per heavy atom. The Bertz CT molecular complexity index is 585. The molecule has 0 saturated carbocycles. The summed E-state index contributed by atoms with van der Waals surface area (Å²) in [6.45, 7) is 0.521. The van der Waals surface area contributed by atoms with Crippen LogP contribution in [0.5, 0.6) is 0 Å². The van der Waals surface area contributed by atoms with E-state index in [0.29, 0.717) is 6.54 Å². The summed E-state index contributed by atoms with van der Waals surface area (Å²) >= 11 is 0. The molecule has 1 N–H and O–H groups in total. The molecule has 0 aliphatic heterocycles. The number of carbonyl (C=O) groups is 1. The van der Waals surface area contributed by atoms with Crippen LogP contribution >= 0.6 is 0 Å². The second-order valence-electron chi connectivity index (χ2n) is 4.30. The fourth-order valence-corrected chi connectivity index (χ4v) is 1.71. The molecule has 2 rings (SSSR count).